The van der Waals surface area contributed by atoms with Gasteiger partial charge in [0.05, 0.1) is 0 Å². The fourth-order valence-corrected chi connectivity index (χ4v) is 1.52. The van der Waals surface area contributed by atoms with E-state index in [0.717, 1.165) is 17.7 Å². The summed E-state index contributed by atoms with van der Waals surface area (Å²) in [4.78, 5) is 11.7. The number of hydrogen-bond acceptors (Lipinski definition) is 2. The van der Waals surface area contributed by atoms with E-state index in [1.54, 1.807) is 30.3 Å². The van der Waals surface area contributed by atoms with E-state index < -0.39 is 17.4 Å². The first-order chi connectivity index (χ1) is 9.06. The number of anilines is 1. The van der Waals surface area contributed by atoms with Gasteiger partial charge in [-0.25, -0.2) is 8.78 Å². The quantitative estimate of drug-likeness (QED) is 0.521. The monoisotopic (exact) mass is 259 g/mol. The molecule has 0 saturated heterocycles. The van der Waals surface area contributed by atoms with Crippen LogP contribution in [-0.2, 0) is 0 Å². The van der Waals surface area contributed by atoms with E-state index in [1.807, 2.05) is 0 Å². The molecule has 2 N–H and O–H groups in total. The second kappa shape index (κ2) is 5.44. The molecule has 0 heterocycles. The molecule has 0 radical (unpaired) electrons. The molecule has 2 aromatic carbocycles. The van der Waals surface area contributed by atoms with Crippen molar-refractivity contribution in [1.82, 2.24) is 0 Å². The molecule has 2 aromatic rings. The summed E-state index contributed by atoms with van der Waals surface area (Å²) in [5.41, 5.74) is 7.06. The van der Waals surface area contributed by atoms with Gasteiger partial charge in [0.15, 0.2) is 17.4 Å². The molecule has 0 saturated carbocycles. The minimum Gasteiger partial charge on any atom is -0.399 e. The Hall–Kier alpha value is -2.49. The zero-order valence-electron chi connectivity index (χ0n) is 9.94. The van der Waals surface area contributed by atoms with Crippen molar-refractivity contribution < 1.29 is 13.6 Å². The van der Waals surface area contributed by atoms with Crippen LogP contribution in [0, 0.1) is 11.6 Å². The van der Waals surface area contributed by atoms with Crippen LogP contribution < -0.4 is 5.73 Å². The molecule has 19 heavy (non-hydrogen) atoms. The largest absolute Gasteiger partial charge is 0.399 e. The van der Waals surface area contributed by atoms with Crippen molar-refractivity contribution in [3.05, 3.63) is 71.3 Å². The predicted octanol–water partition coefficient (Wildman–Crippen LogP) is 3.44. The Morgan fingerprint density at radius 1 is 1.00 bits per heavy atom. The Kier molecular flexibility index (Phi) is 3.71. The smallest absolute Gasteiger partial charge is 0.185 e. The van der Waals surface area contributed by atoms with Crippen molar-refractivity contribution in [1.29, 1.82) is 0 Å². The van der Waals surface area contributed by atoms with Gasteiger partial charge in [-0.2, -0.15) is 0 Å². The maximum Gasteiger partial charge on any atom is 0.185 e. The Bertz CT molecular complexity index is 633. The van der Waals surface area contributed by atoms with Crippen LogP contribution in [0.1, 0.15) is 15.9 Å². The summed E-state index contributed by atoms with van der Waals surface area (Å²) in [6.45, 7) is 0. The lowest BCUT2D eigenvalue weighted by atomic mass is 10.1. The lowest BCUT2D eigenvalue weighted by Gasteiger charge is -1.98. The summed E-state index contributed by atoms with van der Waals surface area (Å²) >= 11 is 0. The van der Waals surface area contributed by atoms with E-state index in [9.17, 15) is 13.6 Å². The Morgan fingerprint density at radius 2 is 1.68 bits per heavy atom. The number of carbonyl (C=O) groups excluding carboxylic acids is 1. The zero-order valence-corrected chi connectivity index (χ0v) is 9.94. The molecule has 2 rings (SSSR count). The third-order valence-corrected chi connectivity index (χ3v) is 2.57. The van der Waals surface area contributed by atoms with Gasteiger partial charge in [0.2, 0.25) is 0 Å². The molecule has 0 aliphatic heterocycles. The van der Waals surface area contributed by atoms with Crippen molar-refractivity contribution >= 4 is 17.5 Å². The summed E-state index contributed by atoms with van der Waals surface area (Å²) in [5, 5.41) is 0. The molecule has 96 valence electrons. The van der Waals surface area contributed by atoms with E-state index in [1.165, 1.54) is 12.1 Å². The summed E-state index contributed by atoms with van der Waals surface area (Å²) in [6, 6.07) is 9.98. The van der Waals surface area contributed by atoms with Gasteiger partial charge >= 0.3 is 0 Å². The first-order valence-corrected chi connectivity index (χ1v) is 5.59. The number of ketones is 1. The highest BCUT2D eigenvalue weighted by molar-refractivity contribution is 6.06. The molecule has 2 nitrogen and oxygen atoms in total. The zero-order chi connectivity index (χ0) is 13.8. The number of hydrogen-bond donors (Lipinski definition) is 1. The van der Waals surface area contributed by atoms with Crippen LogP contribution in [0.4, 0.5) is 14.5 Å². The highest BCUT2D eigenvalue weighted by Gasteiger charge is 2.06. The van der Waals surface area contributed by atoms with Crippen LogP contribution in [0.5, 0.6) is 0 Å². The minimum atomic E-state index is -1.04. The lowest BCUT2D eigenvalue weighted by molar-refractivity contribution is 0.104. The molecule has 0 aromatic heterocycles. The van der Waals surface area contributed by atoms with E-state index in [0.29, 0.717) is 5.69 Å². The number of benzene rings is 2. The lowest BCUT2D eigenvalue weighted by Crippen LogP contribution is -1.96. The minimum absolute atomic E-state index is 0.102. The van der Waals surface area contributed by atoms with Gasteiger partial charge in [-0.15, -0.1) is 0 Å². The molecule has 0 unspecified atom stereocenters. The van der Waals surface area contributed by atoms with Crippen molar-refractivity contribution in [2.24, 2.45) is 0 Å². The van der Waals surface area contributed by atoms with E-state index in [2.05, 4.69) is 0 Å². The maximum atomic E-state index is 13.0. The molecule has 0 amide bonds. The van der Waals surface area contributed by atoms with E-state index in [4.69, 9.17) is 5.73 Å². The molecule has 0 aliphatic carbocycles. The van der Waals surface area contributed by atoms with Gasteiger partial charge in [0.25, 0.3) is 0 Å². The SMILES string of the molecule is Nc1ccc(/C=C/C(=O)c2ccc(F)c(F)c2)cc1. The van der Waals surface area contributed by atoms with Crippen molar-refractivity contribution in [3.63, 3.8) is 0 Å². The first kappa shape index (κ1) is 13.0. The molecular formula is C15H11F2NO. The van der Waals surface area contributed by atoms with Gasteiger partial charge in [-0.1, -0.05) is 18.2 Å². The molecule has 0 atom stereocenters. The third-order valence-electron chi connectivity index (χ3n) is 2.57. The average Bonchev–Trinajstić information content (AvgIpc) is 2.41. The summed E-state index contributed by atoms with van der Waals surface area (Å²) in [5.74, 6) is -2.40. The molecule has 0 aliphatic rings. The second-order valence-corrected chi connectivity index (χ2v) is 3.99. The Labute approximate surface area is 109 Å². The van der Waals surface area contributed by atoms with Crippen LogP contribution in [-0.4, -0.2) is 5.78 Å². The van der Waals surface area contributed by atoms with E-state index >= 15 is 0 Å². The number of carbonyl (C=O) groups is 1. The summed E-state index contributed by atoms with van der Waals surface area (Å²) in [7, 11) is 0. The van der Waals surface area contributed by atoms with Crippen molar-refractivity contribution in [2.45, 2.75) is 0 Å². The van der Waals surface area contributed by atoms with Gasteiger partial charge in [-0.05, 0) is 42.0 Å². The number of allylic oxidation sites excluding steroid dienone is 1. The number of nitrogens with two attached hydrogens (primary N) is 1. The maximum absolute atomic E-state index is 13.0. The molecule has 0 spiro atoms. The van der Waals surface area contributed by atoms with Crippen LogP contribution in [0.2, 0.25) is 0 Å². The van der Waals surface area contributed by atoms with Crippen molar-refractivity contribution in [3.8, 4) is 0 Å². The highest BCUT2D eigenvalue weighted by Crippen LogP contribution is 2.11. The molecule has 0 fully saturated rings. The fourth-order valence-electron chi connectivity index (χ4n) is 1.52. The second-order valence-electron chi connectivity index (χ2n) is 3.99. The summed E-state index contributed by atoms with van der Waals surface area (Å²) < 4.78 is 25.7. The predicted molar refractivity (Wildman–Crippen MR) is 70.6 cm³/mol. The van der Waals surface area contributed by atoms with E-state index in [-0.39, 0.29) is 5.56 Å². The topological polar surface area (TPSA) is 43.1 Å². The number of nitrogen functional groups attached to an aromatic ring is 1. The van der Waals surface area contributed by atoms with Gasteiger partial charge in [0.1, 0.15) is 0 Å². The third kappa shape index (κ3) is 3.25. The van der Waals surface area contributed by atoms with Crippen LogP contribution in [0.25, 0.3) is 6.08 Å². The average molecular weight is 259 g/mol. The van der Waals surface area contributed by atoms with Gasteiger partial charge in [0, 0.05) is 11.3 Å². The molecule has 4 heteroatoms. The van der Waals surface area contributed by atoms with Crippen LogP contribution in [0.15, 0.2) is 48.5 Å². The first-order valence-electron chi connectivity index (χ1n) is 5.59. The van der Waals surface area contributed by atoms with Gasteiger partial charge in [-0.3, -0.25) is 4.79 Å². The van der Waals surface area contributed by atoms with Crippen LogP contribution >= 0.6 is 0 Å². The van der Waals surface area contributed by atoms with Gasteiger partial charge < -0.3 is 5.73 Å². The molecule has 0 bridgehead atoms. The standard InChI is InChI=1S/C15H11F2NO/c16-13-7-4-11(9-14(13)17)15(19)8-3-10-1-5-12(18)6-2-10/h1-9H,18H2/b8-3+. The Balaban J connectivity index is 2.16. The normalized spacial score (nSPS) is 10.8. The Morgan fingerprint density at radius 3 is 2.32 bits per heavy atom. The molecular weight excluding hydrogens is 248 g/mol. The number of rotatable bonds is 3. The van der Waals surface area contributed by atoms with Crippen LogP contribution in [0.3, 0.4) is 0 Å². The summed E-state index contributed by atoms with van der Waals surface area (Å²) in [6.07, 6.45) is 2.89. The highest BCUT2D eigenvalue weighted by atomic mass is 19.2. The van der Waals surface area contributed by atoms with Crippen molar-refractivity contribution in [2.75, 3.05) is 5.73 Å². The number of halogens is 2. The fraction of sp³-hybridized carbons (Fsp3) is 0.